The number of carbonyl (C=O) groups excluding carboxylic acids is 1. The smallest absolute Gasteiger partial charge is 0.406 e. The van der Waals surface area contributed by atoms with Gasteiger partial charge in [0, 0.05) is 43.2 Å². The second-order valence-corrected chi connectivity index (χ2v) is 8.00. The Morgan fingerprint density at radius 1 is 1.14 bits per heavy atom. The molecule has 3 heterocycles. The lowest BCUT2D eigenvalue weighted by Crippen LogP contribution is -2.55. The zero-order valence-electron chi connectivity index (χ0n) is 17.8. The second kappa shape index (κ2) is 8.83. The van der Waals surface area contributed by atoms with Gasteiger partial charge in [0.05, 0.1) is 11.3 Å². The minimum absolute atomic E-state index is 0.00202. The molecule has 0 aliphatic carbocycles. The topological polar surface area (TPSA) is 105 Å². The van der Waals surface area contributed by atoms with Crippen LogP contribution in [0.3, 0.4) is 0 Å². The molecule has 0 unspecified atom stereocenters. The van der Waals surface area contributed by atoms with E-state index >= 15 is 0 Å². The van der Waals surface area contributed by atoms with Gasteiger partial charge >= 0.3 is 12.5 Å². The summed E-state index contributed by atoms with van der Waals surface area (Å²) in [5.41, 5.74) is 4.19. The average Bonchev–Trinajstić information content (AvgIpc) is 3.44. The SMILES string of the molecule is N[C@]1(C(F)(F)F)CCN(c2ncc(C(=O)Nc3ccc(OC(F)(F)F)cc3)cc2C2=NN=CC2)C1. The highest BCUT2D eigenvalue weighted by atomic mass is 19.4. The van der Waals surface area contributed by atoms with Crippen LogP contribution in [0, 0.1) is 0 Å². The van der Waals surface area contributed by atoms with E-state index in [9.17, 15) is 31.1 Å². The number of anilines is 2. The van der Waals surface area contributed by atoms with E-state index in [0.29, 0.717) is 17.7 Å². The quantitative estimate of drug-likeness (QED) is 0.607. The average molecular weight is 500 g/mol. The van der Waals surface area contributed by atoms with Crippen molar-refractivity contribution in [1.29, 1.82) is 0 Å². The molecule has 1 aromatic heterocycles. The van der Waals surface area contributed by atoms with Gasteiger partial charge in [-0.05, 0) is 36.8 Å². The van der Waals surface area contributed by atoms with Crippen LogP contribution in [-0.4, -0.2) is 54.0 Å². The largest absolute Gasteiger partial charge is 0.573 e. The number of pyridine rings is 1. The van der Waals surface area contributed by atoms with Crippen LogP contribution >= 0.6 is 0 Å². The van der Waals surface area contributed by atoms with Crippen molar-refractivity contribution in [3.05, 3.63) is 47.7 Å². The molecule has 2 aliphatic heterocycles. The number of ether oxygens (including phenoxy) is 1. The van der Waals surface area contributed by atoms with Crippen molar-refractivity contribution < 1.29 is 35.9 Å². The minimum atomic E-state index is -4.85. The van der Waals surface area contributed by atoms with Crippen molar-refractivity contribution in [3.63, 3.8) is 0 Å². The molecule has 2 aliphatic rings. The molecular weight excluding hydrogens is 482 g/mol. The standard InChI is InChI=1S/C21H18F6N6O2/c22-20(23,24)19(28)6-8-33(11-19)17-15(16-5-7-30-32-16)9-12(10-29-17)18(34)31-13-1-3-14(4-2-13)35-21(25,26)27/h1-4,7,9-10H,5-6,8,11,28H2,(H,31,34)/t19-/m1/s1. The first-order chi connectivity index (χ1) is 16.3. The number of rotatable bonds is 5. The van der Waals surface area contributed by atoms with Gasteiger partial charge in [-0.1, -0.05) is 0 Å². The van der Waals surface area contributed by atoms with E-state index in [2.05, 4.69) is 25.2 Å². The predicted octanol–water partition coefficient (Wildman–Crippen LogP) is 3.88. The molecule has 3 N–H and O–H groups in total. The van der Waals surface area contributed by atoms with Gasteiger partial charge < -0.3 is 20.7 Å². The molecule has 0 radical (unpaired) electrons. The number of hydrogen-bond donors (Lipinski definition) is 2. The molecular formula is C21H18F6N6O2. The first kappa shape index (κ1) is 24.4. The number of nitrogens with two attached hydrogens (primary N) is 1. The summed E-state index contributed by atoms with van der Waals surface area (Å²) >= 11 is 0. The number of benzene rings is 1. The Labute approximate surface area is 194 Å². The molecule has 8 nitrogen and oxygen atoms in total. The Hall–Kier alpha value is -3.68. The minimum Gasteiger partial charge on any atom is -0.406 e. The maximum absolute atomic E-state index is 13.4. The number of alkyl halides is 6. The Morgan fingerprint density at radius 2 is 1.86 bits per heavy atom. The van der Waals surface area contributed by atoms with Crippen molar-refractivity contribution in [2.45, 2.75) is 30.9 Å². The molecule has 1 atom stereocenters. The van der Waals surface area contributed by atoms with Crippen molar-refractivity contribution in [2.24, 2.45) is 15.9 Å². The maximum Gasteiger partial charge on any atom is 0.573 e. The first-order valence-electron chi connectivity index (χ1n) is 10.2. The number of halogens is 6. The number of hydrogen-bond acceptors (Lipinski definition) is 7. The van der Waals surface area contributed by atoms with E-state index in [-0.39, 0.29) is 30.0 Å². The summed E-state index contributed by atoms with van der Waals surface area (Å²) in [7, 11) is 0. The highest BCUT2D eigenvalue weighted by molar-refractivity contribution is 6.14. The third kappa shape index (κ3) is 5.37. The highest BCUT2D eigenvalue weighted by Crippen LogP contribution is 2.38. The molecule has 2 aromatic rings. The van der Waals surface area contributed by atoms with Crippen molar-refractivity contribution in [3.8, 4) is 5.75 Å². The predicted molar refractivity (Wildman–Crippen MR) is 115 cm³/mol. The van der Waals surface area contributed by atoms with Gasteiger partial charge in [-0.25, -0.2) is 4.98 Å². The van der Waals surface area contributed by atoms with Crippen LogP contribution in [0.25, 0.3) is 0 Å². The number of aromatic nitrogens is 1. The van der Waals surface area contributed by atoms with Crippen LogP contribution in [0.2, 0.25) is 0 Å². The molecule has 1 fully saturated rings. The van der Waals surface area contributed by atoms with Gasteiger partial charge in [0.25, 0.3) is 5.91 Å². The molecule has 186 valence electrons. The molecule has 0 bridgehead atoms. The fraction of sp³-hybridized carbons (Fsp3) is 0.333. The van der Waals surface area contributed by atoms with Crippen molar-refractivity contribution in [2.75, 3.05) is 23.3 Å². The van der Waals surface area contributed by atoms with Crippen LogP contribution in [0.4, 0.5) is 37.8 Å². The highest BCUT2D eigenvalue weighted by Gasteiger charge is 2.55. The number of amides is 1. The first-order valence-corrected chi connectivity index (χ1v) is 10.2. The van der Waals surface area contributed by atoms with E-state index in [1.54, 1.807) is 0 Å². The van der Waals surface area contributed by atoms with Crippen LogP contribution in [-0.2, 0) is 0 Å². The zero-order chi connectivity index (χ0) is 25.4. The Balaban J connectivity index is 1.56. The van der Waals surface area contributed by atoms with Gasteiger partial charge in [-0.15, -0.1) is 13.2 Å². The van der Waals surface area contributed by atoms with Gasteiger partial charge in [0.15, 0.2) is 0 Å². The summed E-state index contributed by atoms with van der Waals surface area (Å²) in [5.74, 6) is -0.904. The zero-order valence-corrected chi connectivity index (χ0v) is 17.8. The van der Waals surface area contributed by atoms with Gasteiger partial charge in [-0.2, -0.15) is 23.4 Å². The number of nitrogens with zero attached hydrogens (tertiary/aromatic N) is 4. The van der Waals surface area contributed by atoms with E-state index in [4.69, 9.17) is 5.73 Å². The summed E-state index contributed by atoms with van der Waals surface area (Å²) in [6, 6.07) is 5.94. The van der Waals surface area contributed by atoms with Crippen LogP contribution in [0.1, 0.15) is 28.8 Å². The molecule has 14 heteroatoms. The van der Waals surface area contributed by atoms with Crippen molar-refractivity contribution >= 4 is 29.3 Å². The normalized spacial score (nSPS) is 20.2. The van der Waals surface area contributed by atoms with Crippen LogP contribution < -0.4 is 20.7 Å². The molecule has 35 heavy (non-hydrogen) atoms. The van der Waals surface area contributed by atoms with Crippen molar-refractivity contribution in [1.82, 2.24) is 4.98 Å². The van der Waals surface area contributed by atoms with E-state index in [1.807, 2.05) is 0 Å². The van der Waals surface area contributed by atoms with Gasteiger partial charge in [-0.3, -0.25) is 4.79 Å². The molecule has 0 saturated carbocycles. The third-order valence-electron chi connectivity index (χ3n) is 5.50. The molecule has 1 saturated heterocycles. The molecule has 1 amide bonds. The van der Waals surface area contributed by atoms with E-state index in [0.717, 1.165) is 12.1 Å². The van der Waals surface area contributed by atoms with Gasteiger partial charge in [0.2, 0.25) is 0 Å². The monoisotopic (exact) mass is 500 g/mol. The number of nitrogens with one attached hydrogen (secondary N) is 1. The van der Waals surface area contributed by atoms with Crippen LogP contribution in [0.15, 0.2) is 46.7 Å². The fourth-order valence-electron chi connectivity index (χ4n) is 3.68. The van der Waals surface area contributed by atoms with Gasteiger partial charge in [0.1, 0.15) is 17.1 Å². The lowest BCUT2D eigenvalue weighted by Gasteiger charge is -2.28. The van der Waals surface area contributed by atoms with E-state index < -0.39 is 36.3 Å². The summed E-state index contributed by atoms with van der Waals surface area (Å²) in [6.07, 6.45) is -6.78. The lowest BCUT2D eigenvalue weighted by molar-refractivity contribution is -0.274. The third-order valence-corrected chi connectivity index (χ3v) is 5.50. The Bertz CT molecular complexity index is 1180. The molecule has 4 rings (SSSR count). The number of carbonyl (C=O) groups is 1. The summed E-state index contributed by atoms with van der Waals surface area (Å²) in [5, 5.41) is 10.3. The lowest BCUT2D eigenvalue weighted by atomic mass is 10.00. The Morgan fingerprint density at radius 3 is 2.43 bits per heavy atom. The van der Waals surface area contributed by atoms with E-state index in [1.165, 1.54) is 35.5 Å². The molecule has 1 aromatic carbocycles. The van der Waals surface area contributed by atoms with Crippen LogP contribution in [0.5, 0.6) is 5.75 Å². The summed E-state index contributed by atoms with van der Waals surface area (Å²) < 4.78 is 80.8. The Kier molecular flexibility index (Phi) is 6.17. The summed E-state index contributed by atoms with van der Waals surface area (Å²) in [4.78, 5) is 18.4. The fourth-order valence-corrected chi connectivity index (χ4v) is 3.68. The maximum atomic E-state index is 13.4. The second-order valence-electron chi connectivity index (χ2n) is 8.00. The molecule has 0 spiro atoms. The summed E-state index contributed by atoms with van der Waals surface area (Å²) in [6.45, 7) is -0.509.